The fourth-order valence-electron chi connectivity index (χ4n) is 4.25. The Bertz CT molecular complexity index is 468. The van der Waals surface area contributed by atoms with Crippen LogP contribution in [-0.2, 0) is 11.8 Å². The fraction of sp³-hybridized carbons (Fsp3) is 0.600. The van der Waals surface area contributed by atoms with E-state index < -0.39 is 0 Å². The number of hydrogen-bond acceptors (Lipinski definition) is 2. The third kappa shape index (κ3) is 1.14. The number of fused-ring (bicyclic) bond motifs is 3. The van der Waals surface area contributed by atoms with E-state index in [1.165, 1.54) is 32.4 Å². The Labute approximate surface area is 103 Å². The molecule has 0 bridgehead atoms. The molecule has 1 saturated heterocycles. The lowest BCUT2D eigenvalue weighted by molar-refractivity contribution is 0.297. The predicted molar refractivity (Wildman–Crippen MR) is 70.7 cm³/mol. The first kappa shape index (κ1) is 9.95. The molecule has 0 radical (unpaired) electrons. The largest absolute Gasteiger partial charge is 0.367 e. The Kier molecular flexibility index (Phi) is 1.91. The minimum absolute atomic E-state index is 0.341. The van der Waals surface area contributed by atoms with Gasteiger partial charge in [-0.2, -0.15) is 0 Å². The van der Waals surface area contributed by atoms with Crippen molar-refractivity contribution in [2.45, 2.75) is 37.6 Å². The molecule has 3 aliphatic rings. The molecule has 3 aliphatic heterocycles. The highest BCUT2D eigenvalue weighted by molar-refractivity contribution is 5.70. The summed E-state index contributed by atoms with van der Waals surface area (Å²) in [6.45, 7) is 6.05. The SMILES string of the molecule is CC12CNCCC1N1CCCc3cccc2c31. The second-order valence-corrected chi connectivity index (χ2v) is 6.01. The maximum atomic E-state index is 3.60. The molecule has 2 atom stereocenters. The third-order valence-corrected chi connectivity index (χ3v) is 5.07. The van der Waals surface area contributed by atoms with E-state index in [0.29, 0.717) is 5.41 Å². The molecule has 1 aromatic rings. The number of nitrogens with one attached hydrogen (secondary N) is 1. The maximum Gasteiger partial charge on any atom is 0.0441 e. The molecule has 3 heterocycles. The highest BCUT2D eigenvalue weighted by Crippen LogP contribution is 2.50. The van der Waals surface area contributed by atoms with Crippen LogP contribution in [0.15, 0.2) is 18.2 Å². The van der Waals surface area contributed by atoms with E-state index in [9.17, 15) is 0 Å². The van der Waals surface area contributed by atoms with Crippen LogP contribution < -0.4 is 10.2 Å². The van der Waals surface area contributed by atoms with Gasteiger partial charge in [0.25, 0.3) is 0 Å². The summed E-state index contributed by atoms with van der Waals surface area (Å²) >= 11 is 0. The Morgan fingerprint density at radius 2 is 2.35 bits per heavy atom. The van der Waals surface area contributed by atoms with Gasteiger partial charge in [-0.15, -0.1) is 0 Å². The molecule has 4 rings (SSSR count). The average Bonchev–Trinajstić information content (AvgIpc) is 2.63. The summed E-state index contributed by atoms with van der Waals surface area (Å²) in [5, 5.41) is 3.60. The highest BCUT2D eigenvalue weighted by atomic mass is 15.2. The Morgan fingerprint density at radius 3 is 3.29 bits per heavy atom. The first-order chi connectivity index (χ1) is 8.31. The lowest BCUT2D eigenvalue weighted by Crippen LogP contribution is -2.54. The number of hydrogen-bond donors (Lipinski definition) is 1. The molecular weight excluding hydrogens is 208 g/mol. The summed E-state index contributed by atoms with van der Waals surface area (Å²) in [4.78, 5) is 2.72. The van der Waals surface area contributed by atoms with Crippen molar-refractivity contribution in [1.29, 1.82) is 0 Å². The van der Waals surface area contributed by atoms with Gasteiger partial charge in [-0.05, 0) is 36.9 Å². The number of piperidine rings is 1. The molecular formula is C15H20N2. The molecule has 1 fully saturated rings. The van der Waals surface area contributed by atoms with Crippen LogP contribution in [0.3, 0.4) is 0 Å². The number of benzene rings is 1. The Balaban J connectivity index is 1.95. The van der Waals surface area contributed by atoms with E-state index >= 15 is 0 Å². The summed E-state index contributed by atoms with van der Waals surface area (Å²) in [5.74, 6) is 0. The monoisotopic (exact) mass is 228 g/mol. The van der Waals surface area contributed by atoms with Crippen LogP contribution in [0.25, 0.3) is 0 Å². The maximum absolute atomic E-state index is 3.60. The summed E-state index contributed by atoms with van der Waals surface area (Å²) in [5.41, 5.74) is 5.12. The average molecular weight is 228 g/mol. The molecule has 2 unspecified atom stereocenters. The zero-order valence-corrected chi connectivity index (χ0v) is 10.5. The van der Waals surface area contributed by atoms with Gasteiger partial charge in [-0.1, -0.05) is 25.1 Å². The highest BCUT2D eigenvalue weighted by Gasteiger charge is 2.49. The molecule has 17 heavy (non-hydrogen) atoms. The van der Waals surface area contributed by atoms with Crippen molar-refractivity contribution in [3.8, 4) is 0 Å². The van der Waals surface area contributed by atoms with Gasteiger partial charge in [-0.25, -0.2) is 0 Å². The number of rotatable bonds is 0. The van der Waals surface area contributed by atoms with Crippen molar-refractivity contribution in [3.05, 3.63) is 29.3 Å². The molecule has 90 valence electrons. The number of para-hydroxylation sites is 1. The van der Waals surface area contributed by atoms with E-state index in [2.05, 4.69) is 35.3 Å². The number of nitrogens with zero attached hydrogens (tertiary/aromatic N) is 1. The van der Waals surface area contributed by atoms with Gasteiger partial charge in [0.2, 0.25) is 0 Å². The first-order valence-corrected chi connectivity index (χ1v) is 6.90. The van der Waals surface area contributed by atoms with Crippen LogP contribution in [0.5, 0.6) is 0 Å². The van der Waals surface area contributed by atoms with Gasteiger partial charge < -0.3 is 10.2 Å². The third-order valence-electron chi connectivity index (χ3n) is 5.07. The van der Waals surface area contributed by atoms with Crippen molar-refractivity contribution in [2.24, 2.45) is 0 Å². The van der Waals surface area contributed by atoms with Crippen LogP contribution in [0, 0.1) is 0 Å². The van der Waals surface area contributed by atoms with Crippen LogP contribution in [-0.4, -0.2) is 25.7 Å². The van der Waals surface area contributed by atoms with Crippen molar-refractivity contribution in [2.75, 3.05) is 24.5 Å². The van der Waals surface area contributed by atoms with E-state index in [1.807, 2.05) is 0 Å². The van der Waals surface area contributed by atoms with Crippen molar-refractivity contribution in [3.63, 3.8) is 0 Å². The van der Waals surface area contributed by atoms with Crippen molar-refractivity contribution >= 4 is 5.69 Å². The van der Waals surface area contributed by atoms with Crippen molar-refractivity contribution < 1.29 is 0 Å². The standard InChI is InChI=1S/C15H20N2/c1-15-10-16-8-7-13(15)17-9-3-5-11-4-2-6-12(15)14(11)17/h2,4,6,13,16H,3,5,7-10H2,1H3. The van der Waals surface area contributed by atoms with Crippen molar-refractivity contribution in [1.82, 2.24) is 5.32 Å². The summed E-state index contributed by atoms with van der Waals surface area (Å²) in [6, 6.07) is 7.70. The Hall–Kier alpha value is -1.02. The fourth-order valence-corrected chi connectivity index (χ4v) is 4.25. The van der Waals surface area contributed by atoms with Gasteiger partial charge in [-0.3, -0.25) is 0 Å². The van der Waals surface area contributed by atoms with E-state index in [0.717, 1.165) is 12.6 Å². The van der Waals surface area contributed by atoms with Gasteiger partial charge in [0, 0.05) is 30.2 Å². The molecule has 0 amide bonds. The number of anilines is 1. The first-order valence-electron chi connectivity index (χ1n) is 6.90. The van der Waals surface area contributed by atoms with Crippen LogP contribution in [0.1, 0.15) is 30.9 Å². The molecule has 1 N–H and O–H groups in total. The van der Waals surface area contributed by atoms with Gasteiger partial charge in [0.15, 0.2) is 0 Å². The molecule has 1 aromatic carbocycles. The lowest BCUT2D eigenvalue weighted by Gasteiger charge is -2.41. The minimum atomic E-state index is 0.341. The van der Waals surface area contributed by atoms with Gasteiger partial charge in [0.1, 0.15) is 0 Å². The van der Waals surface area contributed by atoms with E-state index in [-0.39, 0.29) is 0 Å². The molecule has 0 saturated carbocycles. The normalized spacial score (nSPS) is 34.4. The summed E-state index contributed by atoms with van der Waals surface area (Å²) in [6.07, 6.45) is 3.90. The van der Waals surface area contributed by atoms with Crippen LogP contribution in [0.4, 0.5) is 5.69 Å². The summed E-state index contributed by atoms with van der Waals surface area (Å²) < 4.78 is 0. The van der Waals surface area contributed by atoms with Gasteiger partial charge >= 0.3 is 0 Å². The molecule has 0 spiro atoms. The van der Waals surface area contributed by atoms with Crippen LogP contribution in [0.2, 0.25) is 0 Å². The lowest BCUT2D eigenvalue weighted by atomic mass is 9.75. The molecule has 2 heteroatoms. The smallest absolute Gasteiger partial charge is 0.0441 e. The minimum Gasteiger partial charge on any atom is -0.367 e. The number of aryl methyl sites for hydroxylation is 1. The zero-order chi connectivity index (χ0) is 11.5. The van der Waals surface area contributed by atoms with Gasteiger partial charge in [0.05, 0.1) is 0 Å². The van der Waals surface area contributed by atoms with E-state index in [1.54, 1.807) is 16.8 Å². The predicted octanol–water partition coefficient (Wildman–Crippen LogP) is 2.07. The zero-order valence-electron chi connectivity index (χ0n) is 10.5. The van der Waals surface area contributed by atoms with Crippen LogP contribution >= 0.6 is 0 Å². The summed E-state index contributed by atoms with van der Waals surface area (Å²) in [7, 11) is 0. The molecule has 0 aromatic heterocycles. The van der Waals surface area contributed by atoms with E-state index in [4.69, 9.17) is 0 Å². The second kappa shape index (κ2) is 3.26. The Morgan fingerprint density at radius 1 is 1.41 bits per heavy atom. The second-order valence-electron chi connectivity index (χ2n) is 6.01. The quantitative estimate of drug-likeness (QED) is 0.731. The topological polar surface area (TPSA) is 15.3 Å². The molecule has 0 aliphatic carbocycles. The molecule has 2 nitrogen and oxygen atoms in total.